The number of hydrogen-bond acceptors (Lipinski definition) is 3. The first-order valence-electron chi connectivity index (χ1n) is 3.70. The molecule has 0 amide bonds. The van der Waals surface area contributed by atoms with Gasteiger partial charge < -0.3 is 4.52 Å². The Morgan fingerprint density at radius 2 is 1.92 bits per heavy atom. The van der Waals surface area contributed by atoms with E-state index in [1.807, 2.05) is 31.2 Å². The van der Waals surface area contributed by atoms with E-state index in [9.17, 15) is 0 Å². The van der Waals surface area contributed by atoms with Gasteiger partial charge in [-0.05, 0) is 6.92 Å². The Kier molecular flexibility index (Phi) is 1.63. The van der Waals surface area contributed by atoms with E-state index in [0.717, 1.165) is 5.56 Å². The van der Waals surface area contributed by atoms with E-state index in [1.165, 1.54) is 12.0 Å². The van der Waals surface area contributed by atoms with Crippen molar-refractivity contribution in [3.8, 4) is 11.4 Å². The second kappa shape index (κ2) is 2.77. The van der Waals surface area contributed by atoms with Crippen LogP contribution in [0.2, 0.25) is 0 Å². The summed E-state index contributed by atoms with van der Waals surface area (Å²) in [6, 6.07) is 7.98. The highest BCUT2D eigenvalue weighted by atomic mass is 16.5. The molecule has 0 aliphatic carbocycles. The van der Waals surface area contributed by atoms with Crippen molar-refractivity contribution in [3.63, 3.8) is 0 Å². The van der Waals surface area contributed by atoms with Crippen LogP contribution in [0.4, 0.5) is 0 Å². The third-order valence-corrected chi connectivity index (χ3v) is 1.67. The molecule has 60 valence electrons. The zero-order valence-electron chi connectivity index (χ0n) is 6.69. The summed E-state index contributed by atoms with van der Waals surface area (Å²) in [6.07, 6.45) is 1.33. The van der Waals surface area contributed by atoms with Crippen LogP contribution in [0.25, 0.3) is 11.4 Å². The monoisotopic (exact) mass is 160 g/mol. The second-order valence-electron chi connectivity index (χ2n) is 2.62. The molecule has 1 aromatic heterocycles. The van der Waals surface area contributed by atoms with Crippen molar-refractivity contribution in [2.24, 2.45) is 0 Å². The number of rotatable bonds is 1. The van der Waals surface area contributed by atoms with Gasteiger partial charge in [0.2, 0.25) is 12.2 Å². The average Bonchev–Trinajstić information content (AvgIpc) is 2.58. The maximum absolute atomic E-state index is 4.64. The van der Waals surface area contributed by atoms with Gasteiger partial charge >= 0.3 is 0 Å². The molecule has 2 aromatic rings. The lowest BCUT2D eigenvalue weighted by Gasteiger charge is -1.93. The number of aryl methyl sites for hydroxylation is 1. The van der Waals surface area contributed by atoms with Crippen LogP contribution < -0.4 is 0 Å². The van der Waals surface area contributed by atoms with Crippen molar-refractivity contribution in [1.82, 2.24) is 10.1 Å². The summed E-state index contributed by atoms with van der Waals surface area (Å²) in [4.78, 5) is 3.94. The van der Waals surface area contributed by atoms with Crippen LogP contribution in [0.5, 0.6) is 0 Å². The van der Waals surface area contributed by atoms with Crippen molar-refractivity contribution in [2.75, 3.05) is 0 Å². The summed E-state index contributed by atoms with van der Waals surface area (Å²) in [5.41, 5.74) is 2.21. The fraction of sp³-hybridized carbons (Fsp3) is 0.111. The Bertz CT molecular complexity index is 351. The van der Waals surface area contributed by atoms with Crippen LogP contribution in [0, 0.1) is 6.92 Å². The SMILES string of the molecule is Cc1ccc(-c2ncon2)cc1. The van der Waals surface area contributed by atoms with Gasteiger partial charge in [-0.2, -0.15) is 4.98 Å². The van der Waals surface area contributed by atoms with Gasteiger partial charge in [-0.1, -0.05) is 35.0 Å². The molecule has 12 heavy (non-hydrogen) atoms. The Balaban J connectivity index is 2.43. The molecule has 0 aliphatic rings. The van der Waals surface area contributed by atoms with E-state index in [-0.39, 0.29) is 0 Å². The first-order valence-corrected chi connectivity index (χ1v) is 3.70. The van der Waals surface area contributed by atoms with Gasteiger partial charge in [0, 0.05) is 5.56 Å². The Morgan fingerprint density at radius 1 is 1.17 bits per heavy atom. The Morgan fingerprint density at radius 3 is 2.50 bits per heavy atom. The maximum Gasteiger partial charge on any atom is 0.214 e. The van der Waals surface area contributed by atoms with Crippen molar-refractivity contribution >= 4 is 0 Å². The van der Waals surface area contributed by atoms with Gasteiger partial charge in [-0.25, -0.2) is 0 Å². The Labute approximate surface area is 70.0 Å². The molecule has 0 bridgehead atoms. The van der Waals surface area contributed by atoms with Gasteiger partial charge in [0.05, 0.1) is 0 Å². The van der Waals surface area contributed by atoms with Crippen LogP contribution in [-0.4, -0.2) is 10.1 Å². The molecular weight excluding hydrogens is 152 g/mol. The largest absolute Gasteiger partial charge is 0.342 e. The molecule has 0 unspecified atom stereocenters. The third kappa shape index (κ3) is 1.21. The molecule has 0 fully saturated rings. The zero-order chi connectivity index (χ0) is 8.39. The van der Waals surface area contributed by atoms with Crippen LogP contribution >= 0.6 is 0 Å². The minimum atomic E-state index is 0.634. The third-order valence-electron chi connectivity index (χ3n) is 1.67. The minimum Gasteiger partial charge on any atom is -0.342 e. The number of nitrogens with zero attached hydrogens (tertiary/aromatic N) is 2. The van der Waals surface area contributed by atoms with E-state index in [1.54, 1.807) is 0 Å². The number of benzene rings is 1. The van der Waals surface area contributed by atoms with Crippen molar-refractivity contribution < 1.29 is 4.52 Å². The maximum atomic E-state index is 4.64. The standard InChI is InChI=1S/C9H8N2O/c1-7-2-4-8(5-3-7)9-10-6-12-11-9/h2-6H,1H3. The summed E-state index contributed by atoms with van der Waals surface area (Å²) < 4.78 is 4.64. The van der Waals surface area contributed by atoms with Gasteiger partial charge in [0.25, 0.3) is 0 Å². The molecule has 0 aliphatic heterocycles. The predicted octanol–water partition coefficient (Wildman–Crippen LogP) is 2.05. The molecule has 0 spiro atoms. The predicted molar refractivity (Wildman–Crippen MR) is 44.5 cm³/mol. The summed E-state index contributed by atoms with van der Waals surface area (Å²) in [7, 11) is 0. The van der Waals surface area contributed by atoms with Crippen LogP contribution in [0.3, 0.4) is 0 Å². The fourth-order valence-corrected chi connectivity index (χ4v) is 1.00. The highest BCUT2D eigenvalue weighted by molar-refractivity contribution is 5.54. The first kappa shape index (κ1) is 7.03. The van der Waals surface area contributed by atoms with E-state index in [2.05, 4.69) is 14.7 Å². The minimum absolute atomic E-state index is 0.634. The second-order valence-corrected chi connectivity index (χ2v) is 2.62. The summed E-state index contributed by atoms with van der Waals surface area (Å²) in [5.74, 6) is 0.634. The molecule has 0 radical (unpaired) electrons. The lowest BCUT2D eigenvalue weighted by atomic mass is 10.1. The van der Waals surface area contributed by atoms with Crippen LogP contribution in [-0.2, 0) is 0 Å². The van der Waals surface area contributed by atoms with E-state index in [0.29, 0.717) is 5.82 Å². The lowest BCUT2D eigenvalue weighted by Crippen LogP contribution is -1.79. The quantitative estimate of drug-likeness (QED) is 0.640. The molecule has 0 saturated carbocycles. The smallest absolute Gasteiger partial charge is 0.214 e. The molecular formula is C9H8N2O. The van der Waals surface area contributed by atoms with Crippen molar-refractivity contribution in [1.29, 1.82) is 0 Å². The van der Waals surface area contributed by atoms with Crippen LogP contribution in [0.1, 0.15) is 5.56 Å². The van der Waals surface area contributed by atoms with Crippen LogP contribution in [0.15, 0.2) is 35.2 Å². The average molecular weight is 160 g/mol. The summed E-state index contributed by atoms with van der Waals surface area (Å²) in [6.45, 7) is 2.04. The van der Waals surface area contributed by atoms with Gasteiger partial charge in [0.1, 0.15) is 0 Å². The Hall–Kier alpha value is -1.64. The number of hydrogen-bond donors (Lipinski definition) is 0. The molecule has 0 N–H and O–H groups in total. The highest BCUT2D eigenvalue weighted by Gasteiger charge is 2.00. The topological polar surface area (TPSA) is 38.9 Å². The van der Waals surface area contributed by atoms with E-state index >= 15 is 0 Å². The lowest BCUT2D eigenvalue weighted by molar-refractivity contribution is 0.419. The molecule has 0 saturated heterocycles. The molecule has 3 heteroatoms. The van der Waals surface area contributed by atoms with Gasteiger partial charge in [-0.3, -0.25) is 0 Å². The van der Waals surface area contributed by atoms with Gasteiger partial charge in [0.15, 0.2) is 0 Å². The highest BCUT2D eigenvalue weighted by Crippen LogP contribution is 2.13. The zero-order valence-corrected chi connectivity index (χ0v) is 6.69. The molecule has 3 nitrogen and oxygen atoms in total. The summed E-state index contributed by atoms with van der Waals surface area (Å²) >= 11 is 0. The summed E-state index contributed by atoms with van der Waals surface area (Å²) in [5, 5.41) is 3.73. The van der Waals surface area contributed by atoms with Crippen molar-refractivity contribution in [2.45, 2.75) is 6.92 Å². The van der Waals surface area contributed by atoms with Gasteiger partial charge in [-0.15, -0.1) is 0 Å². The normalized spacial score (nSPS) is 10.1. The first-order chi connectivity index (χ1) is 5.86. The molecule has 1 aromatic carbocycles. The molecule has 1 heterocycles. The van der Waals surface area contributed by atoms with E-state index in [4.69, 9.17) is 0 Å². The molecule has 2 rings (SSSR count). The number of aromatic nitrogens is 2. The molecule has 0 atom stereocenters. The fourth-order valence-electron chi connectivity index (χ4n) is 1.00. The van der Waals surface area contributed by atoms with E-state index < -0.39 is 0 Å². The van der Waals surface area contributed by atoms with Crippen molar-refractivity contribution in [3.05, 3.63) is 36.2 Å².